The van der Waals surface area contributed by atoms with Gasteiger partial charge in [0.05, 0.1) is 19.8 Å². The van der Waals surface area contributed by atoms with Gasteiger partial charge in [-0.25, -0.2) is 0 Å². The molecule has 120 valence electrons. The maximum absolute atomic E-state index is 12.3. The zero-order chi connectivity index (χ0) is 16.4. The Morgan fingerprint density at radius 2 is 1.91 bits per heavy atom. The van der Waals surface area contributed by atoms with Crippen LogP contribution in [0, 0.1) is 0 Å². The van der Waals surface area contributed by atoms with Crippen molar-refractivity contribution in [2.45, 2.75) is 19.3 Å². The molecule has 0 atom stereocenters. The summed E-state index contributed by atoms with van der Waals surface area (Å²) in [5, 5.41) is 2.73. The van der Waals surface area contributed by atoms with E-state index in [4.69, 9.17) is 13.9 Å². The maximum atomic E-state index is 12.3. The molecule has 0 fully saturated rings. The first-order valence-corrected chi connectivity index (χ1v) is 7.31. The van der Waals surface area contributed by atoms with Gasteiger partial charge in [-0.05, 0) is 18.6 Å². The monoisotopic (exact) mass is 315 g/mol. The smallest absolute Gasteiger partial charge is 0.291 e. The molecule has 6 nitrogen and oxygen atoms in total. The van der Waals surface area contributed by atoms with E-state index in [1.807, 2.05) is 0 Å². The molecule has 0 unspecified atom stereocenters. The lowest BCUT2D eigenvalue weighted by atomic mass is 9.97. The molecule has 23 heavy (non-hydrogen) atoms. The van der Waals surface area contributed by atoms with E-state index in [1.165, 1.54) is 13.2 Å². The van der Waals surface area contributed by atoms with Crippen molar-refractivity contribution in [1.82, 2.24) is 0 Å². The number of fused-ring (bicyclic) bond motifs is 1. The summed E-state index contributed by atoms with van der Waals surface area (Å²) in [6.07, 6.45) is 1.95. The summed E-state index contributed by atoms with van der Waals surface area (Å²) in [4.78, 5) is 24.1. The summed E-state index contributed by atoms with van der Waals surface area (Å²) < 4.78 is 15.9. The highest BCUT2D eigenvalue weighted by atomic mass is 16.5. The second kappa shape index (κ2) is 6.16. The van der Waals surface area contributed by atoms with Crippen LogP contribution in [0.2, 0.25) is 0 Å². The summed E-state index contributed by atoms with van der Waals surface area (Å²) in [5.41, 5.74) is 1.07. The molecule has 0 bridgehead atoms. The Bertz CT molecular complexity index is 762. The van der Waals surface area contributed by atoms with Crippen LogP contribution in [0.4, 0.5) is 5.69 Å². The van der Waals surface area contributed by atoms with Gasteiger partial charge in [-0.3, -0.25) is 9.59 Å². The molecule has 2 aromatic rings. The Morgan fingerprint density at radius 3 is 2.61 bits per heavy atom. The van der Waals surface area contributed by atoms with Crippen LogP contribution in [-0.2, 0) is 6.42 Å². The van der Waals surface area contributed by atoms with Crippen molar-refractivity contribution >= 4 is 17.4 Å². The molecule has 1 aromatic carbocycles. The van der Waals surface area contributed by atoms with Crippen molar-refractivity contribution in [2.24, 2.45) is 0 Å². The molecule has 6 heteroatoms. The molecule has 0 saturated carbocycles. The van der Waals surface area contributed by atoms with Crippen molar-refractivity contribution in [3.05, 3.63) is 41.3 Å². The number of anilines is 1. The van der Waals surface area contributed by atoms with Crippen LogP contribution in [0.1, 0.15) is 39.5 Å². The molecule has 1 heterocycles. The minimum absolute atomic E-state index is 0.0279. The predicted octanol–water partition coefficient (Wildman–Crippen LogP) is 3.07. The topological polar surface area (TPSA) is 77.8 Å². The van der Waals surface area contributed by atoms with Gasteiger partial charge in [-0.1, -0.05) is 0 Å². The van der Waals surface area contributed by atoms with Gasteiger partial charge < -0.3 is 19.2 Å². The third-order valence-corrected chi connectivity index (χ3v) is 3.78. The summed E-state index contributed by atoms with van der Waals surface area (Å²) >= 11 is 0. The zero-order valence-corrected chi connectivity index (χ0v) is 13.0. The van der Waals surface area contributed by atoms with Gasteiger partial charge in [0.1, 0.15) is 5.76 Å². The number of hydrogen-bond donors (Lipinski definition) is 1. The van der Waals surface area contributed by atoms with E-state index in [0.29, 0.717) is 41.4 Å². The number of amides is 1. The number of furan rings is 1. The molecule has 1 aliphatic rings. The molecule has 1 aliphatic carbocycles. The largest absolute Gasteiger partial charge is 0.493 e. The predicted molar refractivity (Wildman–Crippen MR) is 83.5 cm³/mol. The van der Waals surface area contributed by atoms with Crippen molar-refractivity contribution in [3.63, 3.8) is 0 Å². The molecule has 1 N–H and O–H groups in total. The number of aryl methyl sites for hydroxylation is 1. The van der Waals surface area contributed by atoms with E-state index >= 15 is 0 Å². The van der Waals surface area contributed by atoms with Gasteiger partial charge in [0.25, 0.3) is 5.91 Å². The van der Waals surface area contributed by atoms with E-state index in [-0.39, 0.29) is 11.5 Å². The number of carbonyl (C=O) groups is 2. The van der Waals surface area contributed by atoms with Crippen molar-refractivity contribution < 1.29 is 23.5 Å². The van der Waals surface area contributed by atoms with E-state index in [2.05, 4.69) is 5.32 Å². The average Bonchev–Trinajstić information content (AvgIpc) is 3.00. The Kier molecular flexibility index (Phi) is 4.06. The molecule has 1 aromatic heterocycles. The lowest BCUT2D eigenvalue weighted by Gasteiger charge is -2.09. The Balaban J connectivity index is 1.81. The fourth-order valence-corrected chi connectivity index (χ4v) is 2.61. The van der Waals surface area contributed by atoms with Crippen LogP contribution in [0.5, 0.6) is 11.5 Å². The number of hydrogen-bond acceptors (Lipinski definition) is 5. The zero-order valence-electron chi connectivity index (χ0n) is 13.0. The highest BCUT2D eigenvalue weighted by Crippen LogP contribution is 2.30. The SMILES string of the molecule is COc1ccc(NC(=O)c2cc3c(o2)CCCC3=O)cc1OC. The number of ether oxygens (including phenoxy) is 2. The molecule has 0 saturated heterocycles. The van der Waals surface area contributed by atoms with Crippen LogP contribution in [0.3, 0.4) is 0 Å². The number of benzene rings is 1. The number of ketones is 1. The third-order valence-electron chi connectivity index (χ3n) is 3.78. The highest BCUT2D eigenvalue weighted by Gasteiger charge is 2.24. The van der Waals surface area contributed by atoms with Gasteiger partial charge >= 0.3 is 0 Å². The minimum Gasteiger partial charge on any atom is -0.493 e. The van der Waals surface area contributed by atoms with E-state index in [1.54, 1.807) is 25.3 Å². The van der Waals surface area contributed by atoms with Crippen LogP contribution >= 0.6 is 0 Å². The second-order valence-electron chi connectivity index (χ2n) is 5.25. The maximum Gasteiger partial charge on any atom is 0.291 e. The highest BCUT2D eigenvalue weighted by molar-refractivity contribution is 6.05. The molecular weight excluding hydrogens is 298 g/mol. The number of carbonyl (C=O) groups excluding carboxylic acids is 2. The number of nitrogens with one attached hydrogen (secondary N) is 1. The van der Waals surface area contributed by atoms with Gasteiger partial charge in [0, 0.05) is 30.7 Å². The van der Waals surface area contributed by atoms with Crippen molar-refractivity contribution in [3.8, 4) is 11.5 Å². The quantitative estimate of drug-likeness (QED) is 0.938. The fourth-order valence-electron chi connectivity index (χ4n) is 2.61. The van der Waals surface area contributed by atoms with Gasteiger partial charge in [-0.15, -0.1) is 0 Å². The van der Waals surface area contributed by atoms with Gasteiger partial charge in [0.2, 0.25) is 0 Å². The van der Waals surface area contributed by atoms with Crippen LogP contribution in [0.15, 0.2) is 28.7 Å². The molecule has 3 rings (SSSR count). The van der Waals surface area contributed by atoms with Gasteiger partial charge in [-0.2, -0.15) is 0 Å². The van der Waals surface area contributed by atoms with Crippen molar-refractivity contribution in [2.75, 3.05) is 19.5 Å². The number of methoxy groups -OCH3 is 2. The first-order chi connectivity index (χ1) is 11.1. The lowest BCUT2D eigenvalue weighted by Crippen LogP contribution is -2.11. The summed E-state index contributed by atoms with van der Waals surface area (Å²) in [5.74, 6) is 1.45. The molecule has 1 amide bonds. The molecular formula is C17H17NO5. The first-order valence-electron chi connectivity index (χ1n) is 7.31. The third kappa shape index (κ3) is 2.92. The van der Waals surface area contributed by atoms with Crippen molar-refractivity contribution in [1.29, 1.82) is 0 Å². The molecule has 0 spiro atoms. The standard InChI is InChI=1S/C17H17NO5/c1-21-14-7-6-10(8-15(14)22-2)18-17(20)16-9-11-12(19)4-3-5-13(11)23-16/h6-9H,3-5H2,1-2H3,(H,18,20). The minimum atomic E-state index is -0.403. The summed E-state index contributed by atoms with van der Waals surface area (Å²) in [6, 6.07) is 6.58. The van der Waals surface area contributed by atoms with Crippen LogP contribution in [0.25, 0.3) is 0 Å². The Morgan fingerprint density at radius 1 is 1.13 bits per heavy atom. The van der Waals surface area contributed by atoms with E-state index in [0.717, 1.165) is 6.42 Å². The van der Waals surface area contributed by atoms with Crippen LogP contribution < -0.4 is 14.8 Å². The average molecular weight is 315 g/mol. The van der Waals surface area contributed by atoms with E-state index in [9.17, 15) is 9.59 Å². The Labute approximate surface area is 133 Å². The molecule has 0 aliphatic heterocycles. The fraction of sp³-hybridized carbons (Fsp3) is 0.294. The summed E-state index contributed by atoms with van der Waals surface area (Å²) in [6.45, 7) is 0. The summed E-state index contributed by atoms with van der Waals surface area (Å²) in [7, 11) is 3.07. The first kappa shape index (κ1) is 15.1. The second-order valence-corrected chi connectivity index (χ2v) is 5.25. The van der Waals surface area contributed by atoms with Gasteiger partial charge in [0.15, 0.2) is 23.0 Å². The number of Topliss-reactive ketones (excluding diaryl/α,β-unsaturated/α-hetero) is 1. The van der Waals surface area contributed by atoms with E-state index < -0.39 is 5.91 Å². The normalized spacial score (nSPS) is 13.4. The lowest BCUT2D eigenvalue weighted by molar-refractivity contribution is 0.0963. The molecule has 0 radical (unpaired) electrons. The Hall–Kier alpha value is -2.76. The van der Waals surface area contributed by atoms with Crippen LogP contribution in [-0.4, -0.2) is 25.9 Å². The number of rotatable bonds is 4.